The van der Waals surface area contributed by atoms with Crippen molar-refractivity contribution in [2.75, 3.05) is 12.0 Å². The normalized spacial score (nSPS) is 15.8. The van der Waals surface area contributed by atoms with Crippen molar-refractivity contribution >= 4 is 28.4 Å². The topological polar surface area (TPSA) is 17.4 Å². The van der Waals surface area contributed by atoms with E-state index < -0.39 is 0 Å². The van der Waals surface area contributed by atoms with E-state index in [0.717, 1.165) is 5.75 Å². The van der Waals surface area contributed by atoms with Crippen LogP contribution < -0.4 is 9.64 Å². The maximum absolute atomic E-state index is 5.42. The molecule has 7 rings (SSSR count). The zero-order valence-electron chi connectivity index (χ0n) is 18.3. The Labute approximate surface area is 192 Å². The zero-order chi connectivity index (χ0) is 21.9. The summed E-state index contributed by atoms with van der Waals surface area (Å²) in [5.41, 5.74) is 9.94. The maximum Gasteiger partial charge on any atom is 0.118 e. The summed E-state index contributed by atoms with van der Waals surface area (Å²) < 4.78 is 7.86. The highest BCUT2D eigenvalue weighted by Gasteiger charge is 2.38. The molecule has 0 N–H and O–H groups in total. The van der Waals surface area contributed by atoms with Crippen molar-refractivity contribution in [2.24, 2.45) is 0 Å². The number of ether oxygens (including phenoxy) is 1. The predicted molar refractivity (Wildman–Crippen MR) is 135 cm³/mol. The molecule has 3 nitrogen and oxygen atoms in total. The highest BCUT2D eigenvalue weighted by Crippen LogP contribution is 2.51. The smallest absolute Gasteiger partial charge is 0.118 e. The highest BCUT2D eigenvalue weighted by atomic mass is 16.5. The second-order valence-electron chi connectivity index (χ2n) is 8.61. The number of fused-ring (bicyclic) bond motifs is 10. The van der Waals surface area contributed by atoms with Crippen LogP contribution in [0, 0.1) is 0 Å². The molecule has 0 aliphatic carbocycles. The predicted octanol–water partition coefficient (Wildman–Crippen LogP) is 7.06. The second-order valence-corrected chi connectivity index (χ2v) is 8.61. The number of hydrogen-bond donors (Lipinski definition) is 0. The summed E-state index contributed by atoms with van der Waals surface area (Å²) in [7, 11) is 1.71. The summed E-state index contributed by atoms with van der Waals surface area (Å²) in [6.07, 6.45) is 2.32. The number of aromatic nitrogens is 1. The third kappa shape index (κ3) is 2.56. The van der Waals surface area contributed by atoms with Crippen molar-refractivity contribution in [2.45, 2.75) is 6.04 Å². The van der Waals surface area contributed by atoms with Gasteiger partial charge in [0.2, 0.25) is 0 Å². The molecule has 3 heterocycles. The monoisotopic (exact) mass is 426 g/mol. The SMILES string of the molecule is COc1ccc(C2=Cc3ccccc3C3c4cc5ccccc5n4-c4ccccc4N23)cc1. The van der Waals surface area contributed by atoms with Gasteiger partial charge in [0.15, 0.2) is 0 Å². The van der Waals surface area contributed by atoms with Gasteiger partial charge in [0, 0.05) is 5.39 Å². The van der Waals surface area contributed by atoms with Gasteiger partial charge in [0.1, 0.15) is 11.8 Å². The fourth-order valence-corrected chi connectivity index (χ4v) is 5.43. The van der Waals surface area contributed by atoms with E-state index in [1.165, 1.54) is 50.4 Å². The molecule has 0 spiro atoms. The molecule has 2 aliphatic heterocycles. The minimum absolute atomic E-state index is 0.0885. The lowest BCUT2D eigenvalue weighted by Gasteiger charge is -2.44. The van der Waals surface area contributed by atoms with E-state index in [-0.39, 0.29) is 6.04 Å². The van der Waals surface area contributed by atoms with Crippen LogP contribution >= 0.6 is 0 Å². The molecule has 1 atom stereocenters. The Morgan fingerprint density at radius 3 is 2.30 bits per heavy atom. The number of para-hydroxylation sites is 3. The van der Waals surface area contributed by atoms with Gasteiger partial charge in [0.05, 0.1) is 35.4 Å². The third-order valence-corrected chi connectivity index (χ3v) is 6.89. The van der Waals surface area contributed by atoms with E-state index in [0.29, 0.717) is 0 Å². The van der Waals surface area contributed by atoms with Gasteiger partial charge in [-0.1, -0.05) is 54.6 Å². The Hall–Kier alpha value is -4.24. The molecule has 1 aromatic heterocycles. The van der Waals surface area contributed by atoms with Gasteiger partial charge in [-0.25, -0.2) is 0 Å². The molecule has 1 unspecified atom stereocenters. The van der Waals surface area contributed by atoms with Crippen LogP contribution in [0.2, 0.25) is 0 Å². The van der Waals surface area contributed by atoms with Gasteiger partial charge < -0.3 is 14.2 Å². The summed E-state index contributed by atoms with van der Waals surface area (Å²) in [6, 6.07) is 37.0. The van der Waals surface area contributed by atoms with Gasteiger partial charge in [-0.05, 0) is 71.3 Å². The number of rotatable bonds is 2. The van der Waals surface area contributed by atoms with E-state index >= 15 is 0 Å². The summed E-state index contributed by atoms with van der Waals surface area (Å²) in [5.74, 6) is 0.867. The standard InChI is InChI=1S/C30H22N2O/c1-33-23-16-14-20(15-17-23)28-18-21-8-2-4-10-24(21)30-29-19-22-9-3-5-11-25(22)31(29)26-12-6-7-13-27(26)32(28)30/h2-19,30H,1H3. The largest absolute Gasteiger partial charge is 0.497 e. The molecule has 4 aromatic carbocycles. The molecular formula is C30H22N2O. The van der Waals surface area contributed by atoms with Gasteiger partial charge in [-0.3, -0.25) is 0 Å². The Balaban J connectivity index is 1.56. The van der Waals surface area contributed by atoms with Crippen LogP contribution in [0.3, 0.4) is 0 Å². The summed E-state index contributed by atoms with van der Waals surface area (Å²) in [6.45, 7) is 0. The van der Waals surface area contributed by atoms with E-state index in [2.05, 4.69) is 107 Å². The van der Waals surface area contributed by atoms with E-state index in [1.54, 1.807) is 7.11 Å². The van der Waals surface area contributed by atoms with Gasteiger partial charge in [-0.2, -0.15) is 0 Å². The van der Waals surface area contributed by atoms with Crippen molar-refractivity contribution in [3.63, 3.8) is 0 Å². The average molecular weight is 427 g/mol. The number of hydrogen-bond acceptors (Lipinski definition) is 2. The Bertz CT molecular complexity index is 1560. The molecule has 0 fully saturated rings. The Morgan fingerprint density at radius 2 is 1.45 bits per heavy atom. The molecule has 0 amide bonds. The second kappa shape index (κ2) is 6.88. The summed E-state index contributed by atoms with van der Waals surface area (Å²) >= 11 is 0. The molecular weight excluding hydrogens is 404 g/mol. The first-order valence-electron chi connectivity index (χ1n) is 11.3. The lowest BCUT2D eigenvalue weighted by Crippen LogP contribution is -2.36. The number of nitrogens with zero attached hydrogens (tertiary/aromatic N) is 2. The lowest BCUT2D eigenvalue weighted by molar-refractivity contribution is 0.415. The highest BCUT2D eigenvalue weighted by molar-refractivity contribution is 5.99. The minimum atomic E-state index is 0.0885. The molecule has 0 bridgehead atoms. The third-order valence-electron chi connectivity index (χ3n) is 6.89. The number of anilines is 1. The van der Waals surface area contributed by atoms with Crippen LogP contribution in [-0.2, 0) is 0 Å². The summed E-state index contributed by atoms with van der Waals surface area (Å²) in [5, 5.41) is 1.27. The van der Waals surface area contributed by atoms with Crippen molar-refractivity contribution in [3.8, 4) is 11.4 Å². The molecule has 5 aromatic rings. The quantitative estimate of drug-likeness (QED) is 0.301. The number of benzene rings is 4. The van der Waals surface area contributed by atoms with Crippen LogP contribution in [-0.4, -0.2) is 11.7 Å². The fourth-order valence-electron chi connectivity index (χ4n) is 5.43. The van der Waals surface area contributed by atoms with Crippen molar-refractivity contribution in [1.82, 2.24) is 4.57 Å². The van der Waals surface area contributed by atoms with E-state index in [1.807, 2.05) is 12.1 Å². The van der Waals surface area contributed by atoms with Crippen LogP contribution in [0.5, 0.6) is 5.75 Å². The van der Waals surface area contributed by atoms with Gasteiger partial charge in [-0.15, -0.1) is 0 Å². The molecule has 158 valence electrons. The fraction of sp³-hybridized carbons (Fsp3) is 0.0667. The van der Waals surface area contributed by atoms with Gasteiger partial charge >= 0.3 is 0 Å². The lowest BCUT2D eigenvalue weighted by atomic mass is 9.88. The van der Waals surface area contributed by atoms with E-state index in [4.69, 9.17) is 4.74 Å². The maximum atomic E-state index is 5.42. The first-order valence-corrected chi connectivity index (χ1v) is 11.3. The molecule has 2 aliphatic rings. The minimum Gasteiger partial charge on any atom is -0.497 e. The Kier molecular flexibility index (Phi) is 3.82. The van der Waals surface area contributed by atoms with Crippen LogP contribution in [0.25, 0.3) is 28.4 Å². The zero-order valence-corrected chi connectivity index (χ0v) is 18.3. The van der Waals surface area contributed by atoms with E-state index in [9.17, 15) is 0 Å². The van der Waals surface area contributed by atoms with Crippen LogP contribution in [0.4, 0.5) is 5.69 Å². The van der Waals surface area contributed by atoms with Crippen LogP contribution in [0.1, 0.15) is 28.4 Å². The molecule has 3 heteroatoms. The number of methoxy groups -OCH3 is 1. The molecule has 0 saturated carbocycles. The first kappa shape index (κ1) is 18.3. The van der Waals surface area contributed by atoms with Crippen molar-refractivity contribution < 1.29 is 4.74 Å². The molecule has 0 saturated heterocycles. The van der Waals surface area contributed by atoms with Crippen LogP contribution in [0.15, 0.2) is 103 Å². The van der Waals surface area contributed by atoms with Gasteiger partial charge in [0.25, 0.3) is 0 Å². The first-order chi connectivity index (χ1) is 16.3. The van der Waals surface area contributed by atoms with Crippen molar-refractivity contribution in [3.05, 3.63) is 126 Å². The van der Waals surface area contributed by atoms with Crippen molar-refractivity contribution in [1.29, 1.82) is 0 Å². The average Bonchev–Trinajstić information content (AvgIpc) is 3.28. The summed E-state index contributed by atoms with van der Waals surface area (Å²) in [4.78, 5) is 2.51. The molecule has 0 radical (unpaired) electrons. The Morgan fingerprint density at radius 1 is 0.727 bits per heavy atom. The molecule has 33 heavy (non-hydrogen) atoms.